The second kappa shape index (κ2) is 10.2. The number of morpholine rings is 1. The van der Waals surface area contributed by atoms with Crippen LogP contribution < -0.4 is 16.4 Å². The van der Waals surface area contributed by atoms with Crippen molar-refractivity contribution >= 4 is 35.8 Å². The van der Waals surface area contributed by atoms with Crippen molar-refractivity contribution in [3.8, 4) is 0 Å². The van der Waals surface area contributed by atoms with Gasteiger partial charge in [0.2, 0.25) is 5.91 Å². The van der Waals surface area contributed by atoms with Crippen molar-refractivity contribution in [1.82, 2.24) is 15.5 Å². The molecule has 4 N–H and O–H groups in total. The van der Waals surface area contributed by atoms with E-state index < -0.39 is 0 Å². The summed E-state index contributed by atoms with van der Waals surface area (Å²) in [6, 6.07) is 0.375. The molecule has 0 atom stereocenters. The Bertz CT molecular complexity index is 343. The van der Waals surface area contributed by atoms with Crippen molar-refractivity contribution in [2.45, 2.75) is 25.3 Å². The van der Waals surface area contributed by atoms with Gasteiger partial charge in [-0.1, -0.05) is 0 Å². The Hall–Kier alpha value is -0.610. The van der Waals surface area contributed by atoms with E-state index in [2.05, 4.69) is 20.5 Å². The lowest BCUT2D eigenvalue weighted by molar-refractivity contribution is -0.119. The number of aliphatic imine (C=N–C) groups is 1. The van der Waals surface area contributed by atoms with Crippen LogP contribution in [0.1, 0.15) is 19.3 Å². The number of nitrogens with two attached hydrogens (primary N) is 1. The summed E-state index contributed by atoms with van der Waals surface area (Å²) in [5.41, 5.74) is 5.71. The number of halogens is 1. The second-order valence-corrected chi connectivity index (χ2v) is 5.28. The molecule has 21 heavy (non-hydrogen) atoms. The van der Waals surface area contributed by atoms with Crippen LogP contribution in [0.15, 0.2) is 4.99 Å². The molecule has 0 unspecified atom stereocenters. The molecule has 122 valence electrons. The van der Waals surface area contributed by atoms with Crippen LogP contribution in [0.3, 0.4) is 0 Å². The zero-order valence-corrected chi connectivity index (χ0v) is 14.7. The molecule has 0 spiro atoms. The quantitative estimate of drug-likeness (QED) is 0.228. The lowest BCUT2D eigenvalue weighted by Gasteiger charge is -2.26. The van der Waals surface area contributed by atoms with Gasteiger partial charge in [-0.25, -0.2) is 4.99 Å². The van der Waals surface area contributed by atoms with Crippen LogP contribution in [-0.4, -0.2) is 68.7 Å². The first-order valence-electron chi connectivity index (χ1n) is 7.37. The molecule has 0 aromatic carbocycles. The van der Waals surface area contributed by atoms with E-state index in [0.29, 0.717) is 12.0 Å². The van der Waals surface area contributed by atoms with E-state index in [4.69, 9.17) is 10.5 Å². The zero-order valence-electron chi connectivity index (χ0n) is 12.3. The van der Waals surface area contributed by atoms with Crippen molar-refractivity contribution in [2.75, 3.05) is 45.9 Å². The Morgan fingerprint density at radius 1 is 1.33 bits per heavy atom. The summed E-state index contributed by atoms with van der Waals surface area (Å²) in [7, 11) is 0. The minimum atomic E-state index is -0.0504. The average Bonchev–Trinajstić information content (AvgIpc) is 3.26. The van der Waals surface area contributed by atoms with Crippen molar-refractivity contribution in [1.29, 1.82) is 0 Å². The molecule has 2 aliphatic rings. The number of carbonyl (C=O) groups is 1. The third-order valence-corrected chi connectivity index (χ3v) is 3.40. The lowest BCUT2D eigenvalue weighted by atomic mass is 10.3. The van der Waals surface area contributed by atoms with Crippen molar-refractivity contribution in [3.05, 3.63) is 0 Å². The highest BCUT2D eigenvalue weighted by molar-refractivity contribution is 14.0. The SMILES string of the molecule is I.NC(=NCC(=O)NC1CC1)NCCCN1CCOCC1. The smallest absolute Gasteiger partial charge is 0.242 e. The van der Waals surface area contributed by atoms with Crippen molar-refractivity contribution in [3.63, 3.8) is 0 Å². The fourth-order valence-electron chi connectivity index (χ4n) is 2.06. The van der Waals surface area contributed by atoms with Crippen LogP contribution >= 0.6 is 24.0 Å². The monoisotopic (exact) mass is 411 g/mol. The van der Waals surface area contributed by atoms with Gasteiger partial charge >= 0.3 is 0 Å². The fraction of sp³-hybridized carbons (Fsp3) is 0.846. The summed E-state index contributed by atoms with van der Waals surface area (Å²) in [5.74, 6) is 0.295. The molecule has 1 aliphatic heterocycles. The molecule has 1 amide bonds. The molecule has 0 bridgehead atoms. The minimum Gasteiger partial charge on any atom is -0.379 e. The molecule has 0 aromatic heterocycles. The molecular formula is C13H26IN5O2. The highest BCUT2D eigenvalue weighted by atomic mass is 127. The van der Waals surface area contributed by atoms with E-state index >= 15 is 0 Å². The van der Waals surface area contributed by atoms with Crippen LogP contribution in [0.4, 0.5) is 0 Å². The number of hydrogen-bond acceptors (Lipinski definition) is 4. The third-order valence-electron chi connectivity index (χ3n) is 3.40. The van der Waals surface area contributed by atoms with Gasteiger partial charge in [0.1, 0.15) is 6.54 Å². The van der Waals surface area contributed by atoms with Gasteiger partial charge in [-0.15, -0.1) is 24.0 Å². The molecular weight excluding hydrogens is 385 g/mol. The molecule has 1 aliphatic carbocycles. The number of hydrogen-bond donors (Lipinski definition) is 3. The van der Waals surface area contributed by atoms with Gasteiger partial charge in [0.05, 0.1) is 13.2 Å². The molecule has 2 fully saturated rings. The maximum absolute atomic E-state index is 11.4. The predicted molar refractivity (Wildman–Crippen MR) is 92.9 cm³/mol. The third kappa shape index (κ3) is 8.42. The van der Waals surface area contributed by atoms with Crippen LogP contribution in [0.5, 0.6) is 0 Å². The lowest BCUT2D eigenvalue weighted by Crippen LogP contribution is -2.39. The molecule has 8 heteroatoms. The highest BCUT2D eigenvalue weighted by Gasteiger charge is 2.22. The van der Waals surface area contributed by atoms with Gasteiger partial charge in [0, 0.05) is 25.7 Å². The first-order valence-corrected chi connectivity index (χ1v) is 7.37. The number of carbonyl (C=O) groups excluding carboxylic acids is 1. The maximum Gasteiger partial charge on any atom is 0.242 e. The normalized spacial score (nSPS) is 19.7. The Labute approximate surface area is 143 Å². The number of nitrogens with one attached hydrogen (secondary N) is 2. The molecule has 7 nitrogen and oxygen atoms in total. The topological polar surface area (TPSA) is 92.0 Å². The van der Waals surface area contributed by atoms with Crippen LogP contribution in [0.25, 0.3) is 0 Å². The van der Waals surface area contributed by atoms with E-state index in [9.17, 15) is 4.79 Å². The molecule has 1 saturated carbocycles. The summed E-state index contributed by atoms with van der Waals surface area (Å²) in [6.07, 6.45) is 3.18. The Morgan fingerprint density at radius 2 is 2.05 bits per heavy atom. The van der Waals surface area contributed by atoms with Gasteiger partial charge in [-0.05, 0) is 25.8 Å². The largest absolute Gasteiger partial charge is 0.379 e. The standard InChI is InChI=1S/C13H25N5O2.HI/c14-13(16-10-12(19)17-11-2-3-11)15-4-1-5-18-6-8-20-9-7-18;/h11H,1-10H2,(H,17,19)(H3,14,15,16);1H. The second-order valence-electron chi connectivity index (χ2n) is 5.28. The zero-order chi connectivity index (χ0) is 14.2. The van der Waals surface area contributed by atoms with E-state index in [1.807, 2.05) is 0 Å². The summed E-state index contributed by atoms with van der Waals surface area (Å²) >= 11 is 0. The molecule has 0 aromatic rings. The van der Waals surface area contributed by atoms with Gasteiger partial charge in [-0.3, -0.25) is 9.69 Å². The number of amides is 1. The summed E-state index contributed by atoms with van der Waals surface area (Å²) in [5, 5.41) is 5.91. The summed E-state index contributed by atoms with van der Waals surface area (Å²) in [4.78, 5) is 17.8. The number of ether oxygens (including phenoxy) is 1. The molecule has 1 saturated heterocycles. The fourth-order valence-corrected chi connectivity index (χ4v) is 2.06. The van der Waals surface area contributed by atoms with E-state index in [-0.39, 0.29) is 36.4 Å². The molecule has 0 radical (unpaired) electrons. The van der Waals surface area contributed by atoms with Gasteiger partial charge < -0.3 is 21.1 Å². The molecule has 1 heterocycles. The maximum atomic E-state index is 11.4. The van der Waals surface area contributed by atoms with E-state index in [1.54, 1.807) is 0 Å². The predicted octanol–water partition coefficient (Wildman–Crippen LogP) is -0.490. The van der Waals surface area contributed by atoms with Crippen molar-refractivity contribution in [2.24, 2.45) is 10.7 Å². The molecule has 2 rings (SSSR count). The Morgan fingerprint density at radius 3 is 2.71 bits per heavy atom. The Kier molecular flexibility index (Phi) is 8.93. The van der Waals surface area contributed by atoms with Gasteiger partial charge in [-0.2, -0.15) is 0 Å². The number of guanidine groups is 1. The Balaban J connectivity index is 0.00000220. The van der Waals surface area contributed by atoms with Gasteiger partial charge in [0.15, 0.2) is 5.96 Å². The number of rotatable bonds is 7. The van der Waals surface area contributed by atoms with Gasteiger partial charge in [0.25, 0.3) is 0 Å². The average molecular weight is 411 g/mol. The van der Waals surface area contributed by atoms with Crippen LogP contribution in [0.2, 0.25) is 0 Å². The van der Waals surface area contributed by atoms with Crippen molar-refractivity contribution < 1.29 is 9.53 Å². The van der Waals surface area contributed by atoms with Crippen LogP contribution in [0, 0.1) is 0 Å². The highest BCUT2D eigenvalue weighted by Crippen LogP contribution is 2.18. The first kappa shape index (κ1) is 18.4. The summed E-state index contributed by atoms with van der Waals surface area (Å²) < 4.78 is 5.30. The minimum absolute atomic E-state index is 0. The van der Waals surface area contributed by atoms with Crippen LogP contribution in [-0.2, 0) is 9.53 Å². The number of nitrogens with zero attached hydrogens (tertiary/aromatic N) is 2. The van der Waals surface area contributed by atoms with E-state index in [1.165, 1.54) is 0 Å². The summed E-state index contributed by atoms with van der Waals surface area (Å²) in [6.45, 7) is 5.58. The van der Waals surface area contributed by atoms with E-state index in [0.717, 1.165) is 58.7 Å². The first-order chi connectivity index (χ1) is 9.74.